The highest BCUT2D eigenvalue weighted by Crippen LogP contribution is 2.32. The van der Waals surface area contributed by atoms with Gasteiger partial charge in [-0.3, -0.25) is 4.79 Å². The fourth-order valence-electron chi connectivity index (χ4n) is 5.52. The maximum atomic E-state index is 12.8. The molecule has 3 aliphatic heterocycles. The van der Waals surface area contributed by atoms with E-state index in [1.807, 2.05) is 11.1 Å². The van der Waals surface area contributed by atoms with Crippen molar-refractivity contribution >= 4 is 11.9 Å². The lowest BCUT2D eigenvalue weighted by Gasteiger charge is -2.36. The first kappa shape index (κ1) is 17.4. The smallest absolute Gasteiger partial charge is 0.226 e. The average Bonchev–Trinajstić information content (AvgIpc) is 2.96. The zero-order valence-electron chi connectivity index (χ0n) is 16.2. The molecule has 1 aliphatic carbocycles. The van der Waals surface area contributed by atoms with Crippen molar-refractivity contribution in [2.24, 2.45) is 5.92 Å². The van der Waals surface area contributed by atoms with Crippen molar-refractivity contribution in [2.45, 2.75) is 76.4 Å². The van der Waals surface area contributed by atoms with E-state index >= 15 is 0 Å². The molecule has 1 N–H and O–H groups in total. The third kappa shape index (κ3) is 3.44. The minimum atomic E-state index is 0.330. The number of hydrogen-bond acceptors (Lipinski definition) is 5. The van der Waals surface area contributed by atoms with Crippen LogP contribution in [0.15, 0.2) is 6.20 Å². The second kappa shape index (κ2) is 7.38. The van der Waals surface area contributed by atoms with Crippen LogP contribution in [-0.4, -0.2) is 52.5 Å². The molecule has 2 unspecified atom stereocenters. The van der Waals surface area contributed by atoms with Crippen molar-refractivity contribution < 1.29 is 4.79 Å². The van der Waals surface area contributed by atoms with E-state index in [1.54, 1.807) is 0 Å². The molecule has 0 spiro atoms. The Bertz CT molecular complexity index is 686. The van der Waals surface area contributed by atoms with E-state index in [-0.39, 0.29) is 0 Å². The summed E-state index contributed by atoms with van der Waals surface area (Å²) in [5, 5.41) is 3.52. The number of anilines is 1. The summed E-state index contributed by atoms with van der Waals surface area (Å²) in [6.07, 6.45) is 12.5. The maximum absolute atomic E-state index is 12.8. The Balaban J connectivity index is 1.26. The van der Waals surface area contributed by atoms with Crippen LogP contribution in [-0.2, 0) is 17.8 Å². The van der Waals surface area contributed by atoms with Gasteiger partial charge in [0, 0.05) is 62.9 Å². The molecule has 2 saturated heterocycles. The van der Waals surface area contributed by atoms with E-state index < -0.39 is 0 Å². The van der Waals surface area contributed by atoms with Gasteiger partial charge < -0.3 is 15.1 Å². The summed E-state index contributed by atoms with van der Waals surface area (Å²) in [7, 11) is 0. The summed E-state index contributed by atoms with van der Waals surface area (Å²) in [5.41, 5.74) is 2.30. The lowest BCUT2D eigenvalue weighted by molar-refractivity contribution is -0.133. The minimum absolute atomic E-state index is 0.330. The number of fused-ring (bicyclic) bond motifs is 3. The monoisotopic (exact) mass is 369 g/mol. The summed E-state index contributed by atoms with van der Waals surface area (Å²) in [5.74, 6) is 1.84. The Labute approximate surface area is 161 Å². The van der Waals surface area contributed by atoms with Crippen LogP contribution in [0.2, 0.25) is 0 Å². The molecule has 0 radical (unpaired) electrons. The topological polar surface area (TPSA) is 61.4 Å². The fourth-order valence-corrected chi connectivity index (χ4v) is 5.52. The molecular weight excluding hydrogens is 338 g/mol. The molecule has 1 aromatic rings. The summed E-state index contributed by atoms with van der Waals surface area (Å²) >= 11 is 0. The van der Waals surface area contributed by atoms with Gasteiger partial charge in [-0.05, 0) is 31.6 Å². The number of nitrogens with zero attached hydrogens (tertiary/aromatic N) is 4. The van der Waals surface area contributed by atoms with Crippen LogP contribution in [0.3, 0.4) is 0 Å². The standard InChI is InChI=1S/C21H31N5O/c27-20(10-15-4-2-1-3-5-15)25-9-8-19-16(14-25)11-23-21(24-19)26-17-6-7-18(26)13-22-12-17/h11,15,17-18,22H,1-10,12-14H2. The molecule has 6 nitrogen and oxygen atoms in total. The first-order valence-electron chi connectivity index (χ1n) is 10.9. The Kier molecular flexibility index (Phi) is 4.76. The van der Waals surface area contributed by atoms with Crippen molar-refractivity contribution in [3.63, 3.8) is 0 Å². The van der Waals surface area contributed by atoms with Gasteiger partial charge >= 0.3 is 0 Å². The zero-order valence-corrected chi connectivity index (χ0v) is 16.2. The third-order valence-corrected chi connectivity index (χ3v) is 7.07. The van der Waals surface area contributed by atoms with Crippen LogP contribution < -0.4 is 10.2 Å². The predicted molar refractivity (Wildman–Crippen MR) is 105 cm³/mol. The van der Waals surface area contributed by atoms with Gasteiger partial charge in [0.2, 0.25) is 11.9 Å². The largest absolute Gasteiger partial charge is 0.338 e. The number of amides is 1. The van der Waals surface area contributed by atoms with E-state index in [0.717, 1.165) is 49.7 Å². The molecular formula is C21H31N5O. The van der Waals surface area contributed by atoms with Crippen molar-refractivity contribution in [1.29, 1.82) is 0 Å². The molecule has 1 saturated carbocycles. The fraction of sp³-hybridized carbons (Fsp3) is 0.762. The van der Waals surface area contributed by atoms with Crippen LogP contribution >= 0.6 is 0 Å². The lowest BCUT2D eigenvalue weighted by atomic mass is 9.86. The van der Waals surface area contributed by atoms with Gasteiger partial charge in [-0.1, -0.05) is 19.3 Å². The predicted octanol–water partition coefficient (Wildman–Crippen LogP) is 2.27. The van der Waals surface area contributed by atoms with Gasteiger partial charge in [-0.15, -0.1) is 0 Å². The Morgan fingerprint density at radius 1 is 1.11 bits per heavy atom. The summed E-state index contributed by atoms with van der Waals surface area (Å²) in [4.78, 5) is 26.9. The average molecular weight is 370 g/mol. The van der Waals surface area contributed by atoms with E-state index in [1.165, 1.54) is 44.9 Å². The van der Waals surface area contributed by atoms with Crippen LogP contribution in [0, 0.1) is 5.92 Å². The van der Waals surface area contributed by atoms with Gasteiger partial charge in [0.1, 0.15) is 0 Å². The first-order valence-corrected chi connectivity index (χ1v) is 10.9. The molecule has 3 fully saturated rings. The van der Waals surface area contributed by atoms with E-state index in [9.17, 15) is 4.79 Å². The van der Waals surface area contributed by atoms with Gasteiger partial charge in [0.25, 0.3) is 0 Å². The molecule has 4 heterocycles. The first-order chi connectivity index (χ1) is 13.3. The second-order valence-electron chi connectivity index (χ2n) is 8.87. The summed E-state index contributed by atoms with van der Waals surface area (Å²) in [6, 6.07) is 1.08. The molecule has 1 aromatic heterocycles. The van der Waals surface area contributed by atoms with Crippen molar-refractivity contribution in [3.05, 3.63) is 17.5 Å². The van der Waals surface area contributed by atoms with Crippen molar-refractivity contribution in [1.82, 2.24) is 20.2 Å². The van der Waals surface area contributed by atoms with Crippen molar-refractivity contribution in [3.8, 4) is 0 Å². The number of nitrogens with one attached hydrogen (secondary N) is 1. The molecule has 4 aliphatic rings. The number of carbonyl (C=O) groups excluding carboxylic acids is 1. The Morgan fingerprint density at radius 3 is 2.67 bits per heavy atom. The molecule has 2 atom stereocenters. The highest BCUT2D eigenvalue weighted by molar-refractivity contribution is 5.76. The molecule has 1 amide bonds. The molecule has 5 rings (SSSR count). The second-order valence-corrected chi connectivity index (χ2v) is 8.87. The number of piperazine rings is 1. The number of hydrogen-bond donors (Lipinski definition) is 1. The number of rotatable bonds is 3. The molecule has 146 valence electrons. The van der Waals surface area contributed by atoms with Gasteiger partial charge in [0.15, 0.2) is 0 Å². The highest BCUT2D eigenvalue weighted by atomic mass is 16.2. The Morgan fingerprint density at radius 2 is 1.89 bits per heavy atom. The quantitative estimate of drug-likeness (QED) is 0.886. The van der Waals surface area contributed by atoms with Crippen LogP contribution in [0.5, 0.6) is 0 Å². The zero-order chi connectivity index (χ0) is 18.2. The Hall–Kier alpha value is -1.69. The SMILES string of the molecule is O=C(CC1CCCCC1)N1CCc2nc(N3C4CCC3CNC4)ncc2C1. The van der Waals surface area contributed by atoms with E-state index in [2.05, 4.69) is 10.2 Å². The minimum Gasteiger partial charge on any atom is -0.338 e. The van der Waals surface area contributed by atoms with Gasteiger partial charge in [0.05, 0.1) is 5.69 Å². The van der Waals surface area contributed by atoms with Gasteiger partial charge in [-0.2, -0.15) is 0 Å². The van der Waals surface area contributed by atoms with Gasteiger partial charge in [-0.25, -0.2) is 9.97 Å². The molecule has 0 aromatic carbocycles. The molecule has 6 heteroatoms. The maximum Gasteiger partial charge on any atom is 0.226 e. The van der Waals surface area contributed by atoms with Crippen molar-refractivity contribution in [2.75, 3.05) is 24.5 Å². The summed E-state index contributed by atoms with van der Waals surface area (Å²) in [6.45, 7) is 3.58. The number of aromatic nitrogens is 2. The van der Waals surface area contributed by atoms with Crippen LogP contribution in [0.1, 0.15) is 62.6 Å². The van der Waals surface area contributed by atoms with E-state index in [4.69, 9.17) is 9.97 Å². The van der Waals surface area contributed by atoms with Crippen LogP contribution in [0.25, 0.3) is 0 Å². The highest BCUT2D eigenvalue weighted by Gasteiger charge is 2.38. The van der Waals surface area contributed by atoms with Crippen LogP contribution in [0.4, 0.5) is 5.95 Å². The normalized spacial score (nSPS) is 28.3. The lowest BCUT2D eigenvalue weighted by Crippen LogP contribution is -2.52. The third-order valence-electron chi connectivity index (χ3n) is 7.07. The molecule has 2 bridgehead atoms. The van der Waals surface area contributed by atoms with E-state index in [0.29, 0.717) is 30.5 Å². The molecule has 27 heavy (non-hydrogen) atoms. The summed E-state index contributed by atoms with van der Waals surface area (Å²) < 4.78 is 0. The number of carbonyl (C=O) groups is 1.